The zero-order chi connectivity index (χ0) is 17.0. The summed E-state index contributed by atoms with van der Waals surface area (Å²) in [5, 5.41) is 32.3. The van der Waals surface area contributed by atoms with Crippen molar-refractivity contribution in [3.8, 4) is 0 Å². The molecule has 0 amide bonds. The summed E-state index contributed by atoms with van der Waals surface area (Å²) in [6, 6.07) is 0. The highest BCUT2D eigenvalue weighted by atomic mass is 127. The van der Waals surface area contributed by atoms with Crippen LogP contribution in [0, 0.1) is 10.6 Å². The normalized spacial score (nSPS) is 27.2. The van der Waals surface area contributed by atoms with E-state index < -0.39 is 24.5 Å². The maximum absolute atomic E-state index is 10.4. The molecule has 1 aliphatic rings. The number of fused-ring (bicyclic) bond motifs is 1. The van der Waals surface area contributed by atoms with E-state index in [9.17, 15) is 10.2 Å². The molecule has 0 saturated carbocycles. The summed E-state index contributed by atoms with van der Waals surface area (Å²) in [5.41, 5.74) is 1.13. The van der Waals surface area contributed by atoms with Crippen LogP contribution in [0.25, 0.3) is 11.2 Å². The summed E-state index contributed by atoms with van der Waals surface area (Å²) in [4.78, 5) is 14.2. The van der Waals surface area contributed by atoms with Crippen LogP contribution in [0.15, 0.2) is 6.33 Å². The van der Waals surface area contributed by atoms with E-state index in [1.807, 2.05) is 0 Å². The lowest BCUT2D eigenvalue weighted by molar-refractivity contribution is -0.0384. The average molecular weight is 444 g/mol. The van der Waals surface area contributed by atoms with Crippen molar-refractivity contribution < 1.29 is 14.9 Å². The highest BCUT2D eigenvalue weighted by Crippen LogP contribution is 2.38. The van der Waals surface area contributed by atoms with Crippen LogP contribution in [-0.4, -0.2) is 62.1 Å². The van der Waals surface area contributed by atoms with Crippen molar-refractivity contribution in [1.29, 1.82) is 0 Å². The third-order valence-corrected chi connectivity index (χ3v) is 4.53. The van der Waals surface area contributed by atoms with Crippen molar-refractivity contribution in [3.05, 3.63) is 21.7 Å². The molecule has 1 saturated heterocycles. The molecule has 3 aromatic rings. The SMILES string of the molecule is Cc1nc(I)c2ncn([C@@H]3O[C@H](c4nnn(C)n4)[C@@H](O)[C@H]3O)c2n1. The number of aliphatic hydroxyl groups is 2. The van der Waals surface area contributed by atoms with E-state index in [0.29, 0.717) is 20.7 Å². The molecule has 11 nitrogen and oxygen atoms in total. The summed E-state index contributed by atoms with van der Waals surface area (Å²) in [5.74, 6) is 0.783. The molecule has 0 aromatic carbocycles. The number of aryl methyl sites for hydroxylation is 2. The van der Waals surface area contributed by atoms with Gasteiger partial charge in [0.15, 0.2) is 18.0 Å². The topological polar surface area (TPSA) is 137 Å². The summed E-state index contributed by atoms with van der Waals surface area (Å²) in [6.45, 7) is 1.77. The van der Waals surface area contributed by atoms with Gasteiger partial charge in [-0.3, -0.25) is 4.57 Å². The van der Waals surface area contributed by atoms with Gasteiger partial charge in [-0.05, 0) is 34.7 Å². The first kappa shape index (κ1) is 15.7. The van der Waals surface area contributed by atoms with E-state index in [-0.39, 0.29) is 5.82 Å². The van der Waals surface area contributed by atoms with E-state index in [4.69, 9.17) is 4.74 Å². The van der Waals surface area contributed by atoms with Crippen molar-refractivity contribution in [3.63, 3.8) is 0 Å². The molecule has 1 aliphatic heterocycles. The number of imidazole rings is 1. The van der Waals surface area contributed by atoms with Crippen LogP contribution < -0.4 is 0 Å². The maximum Gasteiger partial charge on any atom is 0.206 e. The fourth-order valence-electron chi connectivity index (χ4n) is 2.69. The highest BCUT2D eigenvalue weighted by Gasteiger charge is 2.47. The van der Waals surface area contributed by atoms with E-state index in [1.54, 1.807) is 18.5 Å². The van der Waals surface area contributed by atoms with E-state index >= 15 is 0 Å². The van der Waals surface area contributed by atoms with E-state index in [0.717, 1.165) is 0 Å². The van der Waals surface area contributed by atoms with Gasteiger partial charge in [-0.25, -0.2) is 15.0 Å². The molecule has 0 bridgehead atoms. The number of hydrogen-bond acceptors (Lipinski definition) is 9. The predicted molar refractivity (Wildman–Crippen MR) is 86.5 cm³/mol. The van der Waals surface area contributed by atoms with Gasteiger partial charge in [0.1, 0.15) is 27.2 Å². The number of halogens is 1. The molecule has 126 valence electrons. The minimum atomic E-state index is -1.20. The second-order valence-electron chi connectivity index (χ2n) is 5.45. The van der Waals surface area contributed by atoms with Gasteiger partial charge in [-0.2, -0.15) is 4.80 Å². The lowest BCUT2D eigenvalue weighted by Crippen LogP contribution is -2.29. The van der Waals surface area contributed by atoms with Crippen molar-refractivity contribution >= 4 is 33.8 Å². The van der Waals surface area contributed by atoms with E-state index in [1.165, 1.54) is 11.1 Å². The zero-order valence-corrected chi connectivity index (χ0v) is 14.8. The quantitative estimate of drug-likeness (QED) is 0.387. The molecule has 4 atom stereocenters. The number of aromatic nitrogens is 8. The van der Waals surface area contributed by atoms with Gasteiger partial charge in [-0.15, -0.1) is 10.2 Å². The smallest absolute Gasteiger partial charge is 0.206 e. The number of ether oxygens (including phenoxy) is 1. The Labute approximate surface area is 148 Å². The number of hydrogen-bond donors (Lipinski definition) is 2. The molecule has 0 aliphatic carbocycles. The summed E-state index contributed by atoms with van der Waals surface area (Å²) in [7, 11) is 1.61. The Hall–Kier alpha value is -1.77. The summed E-state index contributed by atoms with van der Waals surface area (Å²) < 4.78 is 8.08. The first-order valence-corrected chi connectivity index (χ1v) is 8.15. The van der Waals surface area contributed by atoms with Crippen LogP contribution in [0.1, 0.15) is 24.0 Å². The standard InChI is InChI=1S/C12H13IN8O3/c1-4-15-9(13)5-11(16-4)21(3-14-5)12-7(23)6(22)8(24-12)10-17-19-20(2)18-10/h3,6-8,12,22-23H,1-2H3/t6-,7+,8-,12+/m0/s1. The fourth-order valence-corrected chi connectivity index (χ4v) is 3.42. The Morgan fingerprint density at radius 1 is 1.25 bits per heavy atom. The second-order valence-corrected chi connectivity index (χ2v) is 6.47. The lowest BCUT2D eigenvalue weighted by atomic mass is 10.1. The first-order chi connectivity index (χ1) is 11.5. The van der Waals surface area contributed by atoms with Crippen molar-refractivity contribution in [2.24, 2.45) is 7.05 Å². The third-order valence-electron chi connectivity index (χ3n) is 3.78. The van der Waals surface area contributed by atoms with Crippen LogP contribution in [0.3, 0.4) is 0 Å². The van der Waals surface area contributed by atoms with E-state index in [2.05, 4.69) is 53.0 Å². The average Bonchev–Trinajstić information content (AvgIpc) is 3.20. The summed E-state index contributed by atoms with van der Waals surface area (Å²) in [6.07, 6.45) is -2.64. The zero-order valence-electron chi connectivity index (χ0n) is 12.6. The van der Waals surface area contributed by atoms with Crippen LogP contribution in [-0.2, 0) is 11.8 Å². The molecule has 2 N–H and O–H groups in total. The minimum Gasteiger partial charge on any atom is -0.387 e. The monoisotopic (exact) mass is 444 g/mol. The van der Waals surface area contributed by atoms with Gasteiger partial charge >= 0.3 is 0 Å². The Morgan fingerprint density at radius 3 is 2.75 bits per heavy atom. The fraction of sp³-hybridized carbons (Fsp3) is 0.500. The molecule has 4 rings (SSSR count). The summed E-state index contributed by atoms with van der Waals surface area (Å²) >= 11 is 2.08. The molecule has 1 fully saturated rings. The number of aliphatic hydroxyl groups excluding tert-OH is 2. The van der Waals surface area contributed by atoms with Gasteiger partial charge < -0.3 is 14.9 Å². The molecule has 0 unspecified atom stereocenters. The molecule has 0 spiro atoms. The molecule has 24 heavy (non-hydrogen) atoms. The van der Waals surface area contributed by atoms with Gasteiger partial charge in [0.2, 0.25) is 5.82 Å². The predicted octanol–water partition coefficient (Wildman–Crippen LogP) is -0.745. The van der Waals surface area contributed by atoms with Crippen molar-refractivity contribution in [2.75, 3.05) is 0 Å². The molecule has 0 radical (unpaired) electrons. The van der Waals surface area contributed by atoms with Gasteiger partial charge in [0.25, 0.3) is 0 Å². The Kier molecular flexibility index (Phi) is 3.70. The van der Waals surface area contributed by atoms with Crippen LogP contribution in [0.5, 0.6) is 0 Å². The molecular weight excluding hydrogens is 431 g/mol. The molecule has 3 aromatic heterocycles. The van der Waals surface area contributed by atoms with Crippen LogP contribution >= 0.6 is 22.6 Å². The number of tetrazole rings is 1. The minimum absolute atomic E-state index is 0.205. The Balaban J connectivity index is 1.75. The van der Waals surface area contributed by atoms with Crippen molar-refractivity contribution in [1.82, 2.24) is 39.7 Å². The molecular formula is C12H13IN8O3. The largest absolute Gasteiger partial charge is 0.387 e. The number of nitrogens with zero attached hydrogens (tertiary/aromatic N) is 8. The Morgan fingerprint density at radius 2 is 2.04 bits per heavy atom. The van der Waals surface area contributed by atoms with Gasteiger partial charge in [-0.1, -0.05) is 0 Å². The second kappa shape index (κ2) is 5.65. The lowest BCUT2D eigenvalue weighted by Gasteiger charge is -2.16. The maximum atomic E-state index is 10.4. The first-order valence-electron chi connectivity index (χ1n) is 7.08. The molecule has 12 heteroatoms. The third kappa shape index (κ3) is 2.37. The van der Waals surface area contributed by atoms with Gasteiger partial charge in [0.05, 0.1) is 13.4 Å². The van der Waals surface area contributed by atoms with Gasteiger partial charge in [0, 0.05) is 0 Å². The number of rotatable bonds is 2. The van der Waals surface area contributed by atoms with Crippen LogP contribution in [0.4, 0.5) is 0 Å². The van der Waals surface area contributed by atoms with Crippen LogP contribution in [0.2, 0.25) is 0 Å². The van der Waals surface area contributed by atoms with Crippen molar-refractivity contribution in [2.45, 2.75) is 31.5 Å². The Bertz CT molecular complexity index is 911. The highest BCUT2D eigenvalue weighted by molar-refractivity contribution is 14.1. The molecule has 4 heterocycles.